The van der Waals surface area contributed by atoms with Crippen LogP contribution in [0.1, 0.15) is 29.4 Å². The minimum atomic E-state index is -1.02. The average molecular weight is 290 g/mol. The Bertz CT molecular complexity index is 553. The molecule has 1 aliphatic heterocycles. The molecule has 0 spiro atoms. The van der Waals surface area contributed by atoms with Gasteiger partial charge in [0.2, 0.25) is 0 Å². The van der Waals surface area contributed by atoms with Crippen molar-refractivity contribution in [1.82, 2.24) is 9.88 Å². The van der Waals surface area contributed by atoms with Gasteiger partial charge in [-0.3, -0.25) is 9.78 Å². The van der Waals surface area contributed by atoms with Crippen LogP contribution in [0.4, 0.5) is 0 Å². The highest BCUT2D eigenvalue weighted by Crippen LogP contribution is 2.19. The zero-order valence-electron chi connectivity index (χ0n) is 12.0. The van der Waals surface area contributed by atoms with Gasteiger partial charge >= 0.3 is 5.97 Å². The molecule has 21 heavy (non-hydrogen) atoms. The Balaban J connectivity index is 2.07. The van der Waals surface area contributed by atoms with E-state index in [2.05, 4.69) is 4.98 Å². The molecule has 1 aromatic heterocycles. The maximum absolute atomic E-state index is 12.4. The molecule has 6 heteroatoms. The van der Waals surface area contributed by atoms with E-state index >= 15 is 0 Å². The topological polar surface area (TPSA) is 79.7 Å². The van der Waals surface area contributed by atoms with Crippen LogP contribution >= 0.6 is 0 Å². The molecule has 0 bridgehead atoms. The summed E-state index contributed by atoms with van der Waals surface area (Å²) in [5, 5.41) is 8.56. The quantitative estimate of drug-likeness (QED) is 0.848. The molecular weight excluding hydrogens is 272 g/mol. The number of carbonyl (C=O) groups excluding carboxylic acids is 1. The van der Waals surface area contributed by atoms with E-state index in [0.717, 1.165) is 12.5 Å². The highest BCUT2D eigenvalue weighted by atomic mass is 16.5. The molecule has 0 radical (unpaired) electrons. The molecule has 0 aromatic carbocycles. The summed E-state index contributed by atoms with van der Waals surface area (Å²) in [4.78, 5) is 28.5. The van der Waals surface area contributed by atoms with Gasteiger partial charge in [0.15, 0.2) is 0 Å². The largest absolute Gasteiger partial charge is 0.478 e. The maximum atomic E-state index is 12.4. The van der Waals surface area contributed by atoms with Crippen LogP contribution in [-0.2, 0) is 9.53 Å². The molecule has 1 N–H and O–H groups in total. The molecule has 1 aromatic rings. The van der Waals surface area contributed by atoms with E-state index in [0.29, 0.717) is 17.9 Å². The first-order valence-corrected chi connectivity index (χ1v) is 6.75. The van der Waals surface area contributed by atoms with E-state index in [1.807, 2.05) is 6.92 Å². The lowest BCUT2D eigenvalue weighted by atomic mass is 10.1. The Hall–Kier alpha value is -2.21. The van der Waals surface area contributed by atoms with Crippen LogP contribution in [0, 0.1) is 0 Å². The monoisotopic (exact) mass is 290 g/mol. The number of carboxylic acid groups (broad SMARTS) is 1. The zero-order valence-corrected chi connectivity index (χ0v) is 12.0. The Labute approximate surface area is 123 Å². The van der Waals surface area contributed by atoms with Crippen LogP contribution in [0.2, 0.25) is 0 Å². The normalized spacial score (nSPS) is 21.6. The SMILES string of the molecule is CC1OCCC1N(C)C(=O)c1ccc(/C=C/C(=O)O)cn1. The van der Waals surface area contributed by atoms with Crippen molar-refractivity contribution >= 4 is 18.0 Å². The van der Waals surface area contributed by atoms with Crippen molar-refractivity contribution in [2.24, 2.45) is 0 Å². The number of likely N-dealkylation sites (N-methyl/N-ethyl adjacent to an activating group) is 1. The number of ether oxygens (including phenoxy) is 1. The summed E-state index contributed by atoms with van der Waals surface area (Å²) >= 11 is 0. The van der Waals surface area contributed by atoms with Crippen LogP contribution in [-0.4, -0.2) is 52.7 Å². The van der Waals surface area contributed by atoms with Crippen LogP contribution in [0.15, 0.2) is 24.4 Å². The molecule has 2 heterocycles. The molecule has 2 unspecified atom stereocenters. The summed E-state index contributed by atoms with van der Waals surface area (Å²) in [7, 11) is 1.75. The summed E-state index contributed by atoms with van der Waals surface area (Å²) in [6, 6.07) is 3.33. The third kappa shape index (κ3) is 3.66. The number of carboxylic acids is 1. The summed E-state index contributed by atoms with van der Waals surface area (Å²) in [5.41, 5.74) is 0.971. The van der Waals surface area contributed by atoms with Crippen molar-refractivity contribution in [3.05, 3.63) is 35.7 Å². The molecule has 1 saturated heterocycles. The van der Waals surface area contributed by atoms with Crippen LogP contribution < -0.4 is 0 Å². The molecule has 1 aliphatic rings. The van der Waals surface area contributed by atoms with Gasteiger partial charge in [0.25, 0.3) is 5.91 Å². The highest BCUT2D eigenvalue weighted by molar-refractivity contribution is 5.92. The van der Waals surface area contributed by atoms with Crippen LogP contribution in [0.5, 0.6) is 0 Å². The third-order valence-electron chi connectivity index (χ3n) is 3.58. The Morgan fingerprint density at radius 1 is 1.48 bits per heavy atom. The van der Waals surface area contributed by atoms with E-state index in [4.69, 9.17) is 9.84 Å². The molecule has 2 atom stereocenters. The first-order valence-electron chi connectivity index (χ1n) is 6.75. The minimum Gasteiger partial charge on any atom is -0.478 e. The van der Waals surface area contributed by atoms with Crippen molar-refractivity contribution in [2.75, 3.05) is 13.7 Å². The number of nitrogens with zero attached hydrogens (tertiary/aromatic N) is 2. The number of hydrogen-bond acceptors (Lipinski definition) is 4. The highest BCUT2D eigenvalue weighted by Gasteiger charge is 2.31. The second kappa shape index (κ2) is 6.49. The number of hydrogen-bond donors (Lipinski definition) is 1. The van der Waals surface area contributed by atoms with Crippen molar-refractivity contribution in [1.29, 1.82) is 0 Å². The lowest BCUT2D eigenvalue weighted by Crippen LogP contribution is -2.41. The maximum Gasteiger partial charge on any atom is 0.328 e. The van der Waals surface area contributed by atoms with E-state index in [-0.39, 0.29) is 18.1 Å². The van der Waals surface area contributed by atoms with Gasteiger partial charge in [-0.2, -0.15) is 0 Å². The lowest BCUT2D eigenvalue weighted by molar-refractivity contribution is -0.131. The molecule has 0 saturated carbocycles. The Kier molecular flexibility index (Phi) is 4.70. The molecule has 112 valence electrons. The van der Waals surface area contributed by atoms with Crippen LogP contribution in [0.25, 0.3) is 6.08 Å². The van der Waals surface area contributed by atoms with Crippen molar-refractivity contribution < 1.29 is 19.4 Å². The molecule has 0 aliphatic carbocycles. The zero-order chi connectivity index (χ0) is 15.4. The van der Waals surface area contributed by atoms with E-state index in [1.165, 1.54) is 12.3 Å². The van der Waals surface area contributed by atoms with Crippen molar-refractivity contribution in [3.63, 3.8) is 0 Å². The fraction of sp³-hybridized carbons (Fsp3) is 0.400. The van der Waals surface area contributed by atoms with Gasteiger partial charge in [-0.15, -0.1) is 0 Å². The summed E-state index contributed by atoms with van der Waals surface area (Å²) in [6.45, 7) is 2.62. The van der Waals surface area contributed by atoms with Gasteiger partial charge in [0.1, 0.15) is 5.69 Å². The lowest BCUT2D eigenvalue weighted by Gasteiger charge is -2.26. The van der Waals surface area contributed by atoms with Gasteiger partial charge in [-0.05, 0) is 31.1 Å². The average Bonchev–Trinajstić information content (AvgIpc) is 2.90. The molecule has 2 rings (SSSR count). The minimum absolute atomic E-state index is 0.0247. The van der Waals surface area contributed by atoms with Gasteiger partial charge in [0, 0.05) is 25.9 Å². The second-order valence-corrected chi connectivity index (χ2v) is 5.00. The van der Waals surface area contributed by atoms with E-state index < -0.39 is 5.97 Å². The fourth-order valence-electron chi connectivity index (χ4n) is 2.36. The van der Waals surface area contributed by atoms with Crippen LogP contribution in [0.3, 0.4) is 0 Å². The van der Waals surface area contributed by atoms with Gasteiger partial charge in [-0.25, -0.2) is 4.79 Å². The molecular formula is C15H18N2O4. The number of rotatable bonds is 4. The summed E-state index contributed by atoms with van der Waals surface area (Å²) in [5.74, 6) is -1.18. The van der Waals surface area contributed by atoms with Crippen molar-refractivity contribution in [2.45, 2.75) is 25.5 Å². The molecule has 1 amide bonds. The Morgan fingerprint density at radius 3 is 2.76 bits per heavy atom. The standard InChI is InChI=1S/C15H18N2O4/c1-10-13(7-8-21-10)17(2)15(20)12-5-3-11(9-16-12)4-6-14(18)19/h3-6,9-10,13H,7-8H2,1-2H3,(H,18,19)/b6-4+. The smallest absolute Gasteiger partial charge is 0.328 e. The number of aliphatic carboxylic acids is 1. The second-order valence-electron chi connectivity index (χ2n) is 5.00. The Morgan fingerprint density at radius 2 is 2.24 bits per heavy atom. The van der Waals surface area contributed by atoms with E-state index in [1.54, 1.807) is 24.1 Å². The van der Waals surface area contributed by atoms with Gasteiger partial charge in [0.05, 0.1) is 12.1 Å². The predicted octanol–water partition coefficient (Wildman–Crippen LogP) is 1.43. The molecule has 6 nitrogen and oxygen atoms in total. The number of amides is 1. The van der Waals surface area contributed by atoms with Crippen molar-refractivity contribution in [3.8, 4) is 0 Å². The molecule has 1 fully saturated rings. The number of aromatic nitrogens is 1. The summed E-state index contributed by atoms with van der Waals surface area (Å²) in [6.07, 6.45) is 4.79. The predicted molar refractivity (Wildman–Crippen MR) is 76.8 cm³/mol. The summed E-state index contributed by atoms with van der Waals surface area (Å²) < 4.78 is 5.47. The number of carbonyl (C=O) groups is 2. The third-order valence-corrected chi connectivity index (χ3v) is 3.58. The first-order chi connectivity index (χ1) is 9.99. The first kappa shape index (κ1) is 15.2. The van der Waals surface area contributed by atoms with E-state index in [9.17, 15) is 9.59 Å². The number of pyridine rings is 1. The fourth-order valence-corrected chi connectivity index (χ4v) is 2.36. The van der Waals surface area contributed by atoms with Gasteiger partial charge in [-0.1, -0.05) is 6.07 Å². The van der Waals surface area contributed by atoms with Gasteiger partial charge < -0.3 is 14.7 Å².